The Labute approximate surface area is 148 Å². The molecule has 2 aromatic heterocycles. The molecule has 2 heterocycles. The first kappa shape index (κ1) is 17.0. The minimum absolute atomic E-state index is 0.288. The standard InChI is InChI=1S/C17H19N3O2S2/c1-5-8-23-17-20-19-16(24-17)18-15(21)14-11(4)12-7-6-9(2)10(3)13(12)22-14/h6-7H,5,8H2,1-4H3,(H,18,19,21). The second kappa shape index (κ2) is 6.94. The third-order valence-electron chi connectivity index (χ3n) is 3.89. The van der Waals surface area contributed by atoms with Crippen molar-refractivity contribution in [3.63, 3.8) is 0 Å². The van der Waals surface area contributed by atoms with E-state index in [0.717, 1.165) is 44.2 Å². The fourth-order valence-corrected chi connectivity index (χ4v) is 4.07. The zero-order valence-electron chi connectivity index (χ0n) is 14.1. The van der Waals surface area contributed by atoms with Crippen LogP contribution in [0.3, 0.4) is 0 Å². The molecule has 0 unspecified atom stereocenters. The Bertz CT molecular complexity index is 899. The number of anilines is 1. The van der Waals surface area contributed by atoms with Gasteiger partial charge in [0.15, 0.2) is 10.1 Å². The molecule has 0 aliphatic rings. The lowest BCUT2D eigenvalue weighted by molar-refractivity contribution is 0.0998. The van der Waals surface area contributed by atoms with Crippen LogP contribution >= 0.6 is 23.1 Å². The lowest BCUT2D eigenvalue weighted by atomic mass is 10.0. The normalized spacial score (nSPS) is 11.2. The van der Waals surface area contributed by atoms with Gasteiger partial charge in [-0.15, -0.1) is 10.2 Å². The van der Waals surface area contributed by atoms with Crippen LogP contribution < -0.4 is 5.32 Å². The number of aryl methyl sites for hydroxylation is 3. The first-order valence-corrected chi connectivity index (χ1v) is 9.58. The average Bonchev–Trinajstić information content (AvgIpc) is 3.14. The summed E-state index contributed by atoms with van der Waals surface area (Å²) in [5.41, 5.74) is 3.82. The number of carbonyl (C=O) groups is 1. The Hall–Kier alpha value is -1.86. The minimum atomic E-state index is -0.288. The number of nitrogens with one attached hydrogen (secondary N) is 1. The van der Waals surface area contributed by atoms with Crippen molar-refractivity contribution in [2.24, 2.45) is 0 Å². The van der Waals surface area contributed by atoms with Crippen molar-refractivity contribution in [3.8, 4) is 0 Å². The number of hydrogen-bond acceptors (Lipinski definition) is 6. The van der Waals surface area contributed by atoms with Crippen LogP contribution in [0.4, 0.5) is 5.13 Å². The van der Waals surface area contributed by atoms with Crippen molar-refractivity contribution >= 4 is 45.1 Å². The van der Waals surface area contributed by atoms with Crippen LogP contribution in [-0.4, -0.2) is 21.9 Å². The van der Waals surface area contributed by atoms with Gasteiger partial charge in [0.2, 0.25) is 5.13 Å². The second-order valence-electron chi connectivity index (χ2n) is 5.62. The lowest BCUT2D eigenvalue weighted by Crippen LogP contribution is -2.11. The van der Waals surface area contributed by atoms with Crippen molar-refractivity contribution < 1.29 is 9.21 Å². The Kier molecular flexibility index (Phi) is 4.91. The van der Waals surface area contributed by atoms with E-state index in [1.807, 2.05) is 32.9 Å². The van der Waals surface area contributed by atoms with Gasteiger partial charge in [-0.1, -0.05) is 42.2 Å². The van der Waals surface area contributed by atoms with Crippen LogP contribution in [0.15, 0.2) is 20.9 Å². The molecule has 0 radical (unpaired) electrons. The second-order valence-corrected chi connectivity index (χ2v) is 7.94. The molecular weight excluding hydrogens is 342 g/mol. The van der Waals surface area contributed by atoms with Gasteiger partial charge in [0, 0.05) is 16.7 Å². The topological polar surface area (TPSA) is 68.0 Å². The summed E-state index contributed by atoms with van der Waals surface area (Å²) in [7, 11) is 0. The van der Waals surface area contributed by atoms with Crippen LogP contribution in [0, 0.1) is 20.8 Å². The molecule has 3 aromatic rings. The van der Waals surface area contributed by atoms with E-state index in [4.69, 9.17) is 4.42 Å². The number of furan rings is 1. The quantitative estimate of drug-likeness (QED) is 0.513. The number of carbonyl (C=O) groups excluding carboxylic acids is 1. The van der Waals surface area contributed by atoms with Gasteiger partial charge in [-0.05, 0) is 38.3 Å². The minimum Gasteiger partial charge on any atom is -0.450 e. The van der Waals surface area contributed by atoms with Gasteiger partial charge in [-0.25, -0.2) is 0 Å². The number of hydrogen-bond donors (Lipinski definition) is 1. The van der Waals surface area contributed by atoms with Gasteiger partial charge in [0.05, 0.1) is 0 Å². The number of benzene rings is 1. The van der Waals surface area contributed by atoms with E-state index < -0.39 is 0 Å². The zero-order valence-corrected chi connectivity index (χ0v) is 15.7. The summed E-state index contributed by atoms with van der Waals surface area (Å²) in [6.07, 6.45) is 1.07. The molecule has 0 bridgehead atoms. The summed E-state index contributed by atoms with van der Waals surface area (Å²) >= 11 is 3.03. The van der Waals surface area contributed by atoms with Gasteiger partial charge >= 0.3 is 0 Å². The van der Waals surface area contributed by atoms with Gasteiger partial charge in [0.25, 0.3) is 5.91 Å². The Morgan fingerprint density at radius 3 is 2.79 bits per heavy atom. The highest BCUT2D eigenvalue weighted by Crippen LogP contribution is 2.31. The Balaban J connectivity index is 1.85. The van der Waals surface area contributed by atoms with Gasteiger partial charge < -0.3 is 4.42 Å². The SMILES string of the molecule is CCCSc1nnc(NC(=O)c2oc3c(C)c(C)ccc3c2C)s1. The van der Waals surface area contributed by atoms with E-state index in [9.17, 15) is 4.79 Å². The van der Waals surface area contributed by atoms with Crippen LogP contribution in [-0.2, 0) is 0 Å². The van der Waals surface area contributed by atoms with E-state index in [0.29, 0.717) is 10.9 Å². The highest BCUT2D eigenvalue weighted by molar-refractivity contribution is 8.01. The third-order valence-corrected chi connectivity index (χ3v) is 6.07. The highest BCUT2D eigenvalue weighted by atomic mass is 32.2. The van der Waals surface area contributed by atoms with Crippen LogP contribution in [0.5, 0.6) is 0 Å². The molecule has 1 N–H and O–H groups in total. The number of fused-ring (bicyclic) bond motifs is 1. The van der Waals surface area contributed by atoms with E-state index in [2.05, 4.69) is 22.4 Å². The van der Waals surface area contributed by atoms with Gasteiger partial charge in [0.1, 0.15) is 5.58 Å². The molecule has 0 saturated carbocycles. The van der Waals surface area contributed by atoms with E-state index >= 15 is 0 Å². The van der Waals surface area contributed by atoms with Crippen molar-refractivity contribution in [2.45, 2.75) is 38.5 Å². The predicted molar refractivity (Wildman–Crippen MR) is 99.3 cm³/mol. The van der Waals surface area contributed by atoms with Gasteiger partial charge in [-0.3, -0.25) is 10.1 Å². The molecule has 0 saturated heterocycles. The zero-order chi connectivity index (χ0) is 17.3. The van der Waals surface area contributed by atoms with Crippen molar-refractivity contribution in [2.75, 3.05) is 11.1 Å². The first-order chi connectivity index (χ1) is 11.5. The monoisotopic (exact) mass is 361 g/mol. The smallest absolute Gasteiger partial charge is 0.293 e. The largest absolute Gasteiger partial charge is 0.450 e. The highest BCUT2D eigenvalue weighted by Gasteiger charge is 2.20. The fraction of sp³-hybridized carbons (Fsp3) is 0.353. The predicted octanol–water partition coefficient (Wildman–Crippen LogP) is 4.96. The van der Waals surface area contributed by atoms with Crippen LogP contribution in [0.25, 0.3) is 11.0 Å². The summed E-state index contributed by atoms with van der Waals surface area (Å²) < 4.78 is 6.72. The first-order valence-electron chi connectivity index (χ1n) is 7.78. The molecule has 0 spiro atoms. The molecule has 0 fully saturated rings. The summed E-state index contributed by atoms with van der Waals surface area (Å²) in [5.74, 6) is 1.03. The molecule has 1 aromatic carbocycles. The summed E-state index contributed by atoms with van der Waals surface area (Å²) in [4.78, 5) is 12.6. The van der Waals surface area contributed by atoms with Crippen molar-refractivity contribution in [3.05, 3.63) is 34.6 Å². The number of nitrogens with zero attached hydrogens (tertiary/aromatic N) is 2. The maximum atomic E-state index is 12.6. The molecule has 7 heteroatoms. The van der Waals surface area contributed by atoms with E-state index in [1.165, 1.54) is 11.3 Å². The number of rotatable bonds is 5. The van der Waals surface area contributed by atoms with Crippen molar-refractivity contribution in [1.82, 2.24) is 10.2 Å². The number of amides is 1. The molecule has 24 heavy (non-hydrogen) atoms. The number of aromatic nitrogens is 2. The van der Waals surface area contributed by atoms with Crippen LogP contribution in [0.2, 0.25) is 0 Å². The maximum Gasteiger partial charge on any atom is 0.293 e. The third kappa shape index (κ3) is 3.18. The van der Waals surface area contributed by atoms with Crippen molar-refractivity contribution in [1.29, 1.82) is 0 Å². The molecule has 0 aliphatic heterocycles. The summed E-state index contributed by atoms with van der Waals surface area (Å²) in [6.45, 7) is 8.05. The van der Waals surface area contributed by atoms with Gasteiger partial charge in [-0.2, -0.15) is 0 Å². The Morgan fingerprint density at radius 2 is 2.04 bits per heavy atom. The molecule has 5 nitrogen and oxygen atoms in total. The number of thioether (sulfide) groups is 1. The molecular formula is C17H19N3O2S2. The fourth-order valence-electron chi connectivity index (χ4n) is 2.40. The summed E-state index contributed by atoms with van der Waals surface area (Å²) in [5, 5.41) is 12.4. The molecule has 1 amide bonds. The average molecular weight is 361 g/mol. The van der Waals surface area contributed by atoms with E-state index in [1.54, 1.807) is 11.8 Å². The van der Waals surface area contributed by atoms with Crippen LogP contribution in [0.1, 0.15) is 40.6 Å². The molecule has 0 aliphatic carbocycles. The Morgan fingerprint density at radius 1 is 1.25 bits per heavy atom. The molecule has 3 rings (SSSR count). The molecule has 0 atom stereocenters. The summed E-state index contributed by atoms with van der Waals surface area (Å²) in [6, 6.07) is 4.04. The maximum absolute atomic E-state index is 12.6. The lowest BCUT2D eigenvalue weighted by Gasteiger charge is -1.99. The molecule has 126 valence electrons. The van der Waals surface area contributed by atoms with E-state index in [-0.39, 0.29) is 5.91 Å².